The second kappa shape index (κ2) is 5.97. The van der Waals surface area contributed by atoms with Crippen LogP contribution < -0.4 is 5.32 Å². The number of amides is 1. The molecule has 0 radical (unpaired) electrons. The van der Waals surface area contributed by atoms with Gasteiger partial charge in [0, 0.05) is 18.1 Å². The van der Waals surface area contributed by atoms with Crippen molar-refractivity contribution in [1.29, 1.82) is 0 Å². The lowest BCUT2D eigenvalue weighted by Crippen LogP contribution is -2.29. The van der Waals surface area contributed by atoms with E-state index in [1.54, 1.807) is 28.3 Å². The summed E-state index contributed by atoms with van der Waals surface area (Å²) < 4.78 is 1.73. The zero-order chi connectivity index (χ0) is 13.8. The number of hydrogen-bond donors (Lipinski definition) is 1. The molecule has 0 aliphatic carbocycles. The van der Waals surface area contributed by atoms with Crippen molar-refractivity contribution < 1.29 is 4.79 Å². The minimum atomic E-state index is -0.107. The van der Waals surface area contributed by atoms with E-state index in [0.29, 0.717) is 5.69 Å². The number of carbonyl (C=O) groups is 1. The van der Waals surface area contributed by atoms with E-state index in [9.17, 15) is 4.79 Å². The van der Waals surface area contributed by atoms with Crippen molar-refractivity contribution in [3.05, 3.63) is 34.0 Å². The van der Waals surface area contributed by atoms with Gasteiger partial charge in [-0.15, -0.1) is 11.3 Å². The first-order valence-corrected chi connectivity index (χ1v) is 7.24. The van der Waals surface area contributed by atoms with Crippen LogP contribution in [0.5, 0.6) is 0 Å². The summed E-state index contributed by atoms with van der Waals surface area (Å²) in [6.45, 7) is 6.70. The molecule has 2 heterocycles. The summed E-state index contributed by atoms with van der Waals surface area (Å²) in [5.41, 5.74) is 1.50. The number of nitrogens with one attached hydrogen (secondary N) is 1. The van der Waals surface area contributed by atoms with Crippen LogP contribution in [0.15, 0.2) is 17.6 Å². The van der Waals surface area contributed by atoms with Crippen molar-refractivity contribution in [2.24, 2.45) is 0 Å². The Balaban J connectivity index is 2.06. The molecule has 0 bridgehead atoms. The number of rotatable bonds is 5. The van der Waals surface area contributed by atoms with Gasteiger partial charge in [0.05, 0.1) is 16.7 Å². The third-order valence-electron chi connectivity index (χ3n) is 2.81. The normalized spacial score (nSPS) is 12.4. The van der Waals surface area contributed by atoms with Gasteiger partial charge in [-0.1, -0.05) is 6.92 Å². The van der Waals surface area contributed by atoms with Gasteiger partial charge in [0.2, 0.25) is 0 Å². The quantitative estimate of drug-likeness (QED) is 0.914. The minimum Gasteiger partial charge on any atom is -0.343 e. The maximum Gasteiger partial charge on any atom is 0.270 e. The molecule has 1 amide bonds. The summed E-state index contributed by atoms with van der Waals surface area (Å²) in [4.78, 5) is 16.6. The Bertz CT molecular complexity index is 560. The number of carbonyl (C=O) groups excluding carboxylic acids is 1. The predicted molar refractivity (Wildman–Crippen MR) is 75.3 cm³/mol. The summed E-state index contributed by atoms with van der Waals surface area (Å²) in [5.74, 6) is -0.107. The van der Waals surface area contributed by atoms with Gasteiger partial charge in [0.25, 0.3) is 5.91 Å². The van der Waals surface area contributed by atoms with E-state index in [2.05, 4.69) is 22.3 Å². The number of aryl methyl sites for hydroxylation is 2. The molecule has 102 valence electrons. The lowest BCUT2D eigenvalue weighted by molar-refractivity contribution is 0.0928. The van der Waals surface area contributed by atoms with E-state index < -0.39 is 0 Å². The van der Waals surface area contributed by atoms with Crippen LogP contribution in [-0.2, 0) is 6.54 Å². The third-order valence-corrected chi connectivity index (χ3v) is 3.60. The zero-order valence-electron chi connectivity index (χ0n) is 11.4. The molecule has 0 spiro atoms. The first-order valence-electron chi connectivity index (χ1n) is 6.36. The largest absolute Gasteiger partial charge is 0.343 e. The molecule has 0 unspecified atom stereocenters. The van der Waals surface area contributed by atoms with Gasteiger partial charge < -0.3 is 5.32 Å². The van der Waals surface area contributed by atoms with Crippen molar-refractivity contribution in [3.63, 3.8) is 0 Å². The molecule has 1 atom stereocenters. The minimum absolute atomic E-state index is 0.0950. The Labute approximate surface area is 116 Å². The molecule has 2 aromatic heterocycles. The zero-order valence-corrected chi connectivity index (χ0v) is 12.2. The molecule has 0 fully saturated rings. The summed E-state index contributed by atoms with van der Waals surface area (Å²) in [5, 5.41) is 10.1. The van der Waals surface area contributed by atoms with Crippen molar-refractivity contribution >= 4 is 17.2 Å². The van der Waals surface area contributed by atoms with Gasteiger partial charge in [0.1, 0.15) is 5.69 Å². The molecule has 19 heavy (non-hydrogen) atoms. The highest BCUT2D eigenvalue weighted by molar-refractivity contribution is 7.09. The lowest BCUT2D eigenvalue weighted by Gasteiger charge is -2.12. The second-order valence-corrected chi connectivity index (χ2v) is 5.49. The standard InChI is InChI=1S/C13H18N4OS/c1-4-7-17-12(5-6-14-17)13(18)15-9(2)11-8-19-10(3)16-11/h5-6,8-9H,4,7H2,1-3H3,(H,15,18)/t9-/m0/s1. The van der Waals surface area contributed by atoms with Crippen LogP contribution >= 0.6 is 11.3 Å². The fourth-order valence-electron chi connectivity index (χ4n) is 1.84. The highest BCUT2D eigenvalue weighted by Crippen LogP contribution is 2.16. The smallest absolute Gasteiger partial charge is 0.270 e. The molecule has 2 rings (SSSR count). The molecule has 0 aromatic carbocycles. The third kappa shape index (κ3) is 3.20. The molecule has 2 aromatic rings. The van der Waals surface area contributed by atoms with Gasteiger partial charge >= 0.3 is 0 Å². The van der Waals surface area contributed by atoms with E-state index in [-0.39, 0.29) is 11.9 Å². The molecule has 0 saturated heterocycles. The van der Waals surface area contributed by atoms with Crippen LogP contribution in [0.25, 0.3) is 0 Å². The summed E-state index contributed by atoms with van der Waals surface area (Å²) >= 11 is 1.59. The maximum atomic E-state index is 12.2. The van der Waals surface area contributed by atoms with Gasteiger partial charge in [-0.2, -0.15) is 5.10 Å². The van der Waals surface area contributed by atoms with Crippen molar-refractivity contribution in [3.8, 4) is 0 Å². The highest BCUT2D eigenvalue weighted by atomic mass is 32.1. The summed E-state index contributed by atoms with van der Waals surface area (Å²) in [6.07, 6.45) is 2.60. The molecule has 0 aliphatic heterocycles. The average molecular weight is 278 g/mol. The van der Waals surface area contributed by atoms with E-state index in [1.807, 2.05) is 19.2 Å². The predicted octanol–water partition coefficient (Wildman–Crippen LogP) is 2.55. The van der Waals surface area contributed by atoms with Crippen molar-refractivity contribution in [1.82, 2.24) is 20.1 Å². The van der Waals surface area contributed by atoms with E-state index in [4.69, 9.17) is 0 Å². The van der Waals surface area contributed by atoms with Crippen LogP contribution in [0.3, 0.4) is 0 Å². The highest BCUT2D eigenvalue weighted by Gasteiger charge is 2.16. The van der Waals surface area contributed by atoms with Crippen LogP contribution in [0.1, 0.15) is 47.5 Å². The number of thiazole rings is 1. The Kier molecular flexibility index (Phi) is 4.31. The van der Waals surface area contributed by atoms with Crippen LogP contribution in [-0.4, -0.2) is 20.7 Å². The lowest BCUT2D eigenvalue weighted by atomic mass is 10.2. The fraction of sp³-hybridized carbons (Fsp3) is 0.462. The molecular weight excluding hydrogens is 260 g/mol. The molecule has 0 aliphatic rings. The monoisotopic (exact) mass is 278 g/mol. The first-order chi connectivity index (χ1) is 9.11. The van der Waals surface area contributed by atoms with E-state index in [0.717, 1.165) is 23.7 Å². The first kappa shape index (κ1) is 13.7. The van der Waals surface area contributed by atoms with Gasteiger partial charge in [-0.05, 0) is 26.3 Å². The van der Waals surface area contributed by atoms with Crippen molar-refractivity contribution in [2.45, 2.75) is 39.8 Å². The number of hydrogen-bond acceptors (Lipinski definition) is 4. The molecule has 6 heteroatoms. The van der Waals surface area contributed by atoms with Crippen molar-refractivity contribution in [2.75, 3.05) is 0 Å². The Morgan fingerprint density at radius 2 is 2.37 bits per heavy atom. The van der Waals surface area contributed by atoms with Gasteiger partial charge in [-0.3, -0.25) is 9.48 Å². The molecular formula is C13H18N4OS. The number of aromatic nitrogens is 3. The Hall–Kier alpha value is -1.69. The topological polar surface area (TPSA) is 59.8 Å². The molecule has 5 nitrogen and oxygen atoms in total. The van der Waals surface area contributed by atoms with Gasteiger partial charge in [-0.25, -0.2) is 4.98 Å². The fourth-order valence-corrected chi connectivity index (χ4v) is 2.55. The Morgan fingerprint density at radius 1 is 1.58 bits per heavy atom. The Morgan fingerprint density at radius 3 is 3.00 bits per heavy atom. The van der Waals surface area contributed by atoms with E-state index >= 15 is 0 Å². The van der Waals surface area contributed by atoms with E-state index in [1.165, 1.54) is 0 Å². The summed E-state index contributed by atoms with van der Waals surface area (Å²) in [7, 11) is 0. The molecule has 0 saturated carbocycles. The average Bonchev–Trinajstić information content (AvgIpc) is 2.98. The SMILES string of the molecule is CCCn1nccc1C(=O)N[C@@H](C)c1csc(C)n1. The van der Waals surface area contributed by atoms with Crippen LogP contribution in [0.4, 0.5) is 0 Å². The maximum absolute atomic E-state index is 12.2. The van der Waals surface area contributed by atoms with Crippen LogP contribution in [0, 0.1) is 6.92 Å². The van der Waals surface area contributed by atoms with Gasteiger partial charge in [0.15, 0.2) is 0 Å². The second-order valence-electron chi connectivity index (χ2n) is 4.43. The number of nitrogens with zero attached hydrogens (tertiary/aromatic N) is 3. The summed E-state index contributed by atoms with van der Waals surface area (Å²) in [6, 6.07) is 1.65. The molecule has 1 N–H and O–H groups in total. The van der Waals surface area contributed by atoms with Crippen LogP contribution in [0.2, 0.25) is 0 Å².